The van der Waals surface area contributed by atoms with Gasteiger partial charge in [0.05, 0.1) is 0 Å². The van der Waals surface area contributed by atoms with Crippen LogP contribution in [0.4, 0.5) is 5.69 Å². The Balaban J connectivity index is 2.02. The summed E-state index contributed by atoms with van der Waals surface area (Å²) in [5.74, 6) is 0.693. The monoisotopic (exact) mass is 380 g/mol. The fraction of sp³-hybridized carbons (Fsp3) is 0.556. The van der Waals surface area contributed by atoms with Gasteiger partial charge in [-0.1, -0.05) is 22.9 Å². The topological polar surface area (TPSA) is 40.6 Å². The van der Waals surface area contributed by atoms with Crippen LogP contribution in [0.25, 0.3) is 0 Å². The van der Waals surface area contributed by atoms with Gasteiger partial charge in [-0.25, -0.2) is 0 Å². The molecule has 0 aliphatic carbocycles. The minimum atomic E-state index is -0.0322. The second kappa shape index (κ2) is 7.95. The highest BCUT2D eigenvalue weighted by atomic mass is 79.9. The lowest BCUT2D eigenvalue weighted by Crippen LogP contribution is -2.41. The lowest BCUT2D eigenvalue weighted by molar-refractivity contribution is -0.132. The Hall–Kier alpha value is -1.36. The number of hydrogen-bond donors (Lipinski definition) is 0. The van der Waals surface area contributed by atoms with E-state index in [1.165, 1.54) is 6.42 Å². The van der Waals surface area contributed by atoms with Crippen molar-refractivity contribution in [3.8, 4) is 0 Å². The van der Waals surface area contributed by atoms with Gasteiger partial charge in [0.15, 0.2) is 0 Å². The summed E-state index contributed by atoms with van der Waals surface area (Å²) in [4.78, 5) is 28.1. The summed E-state index contributed by atoms with van der Waals surface area (Å²) in [6.45, 7) is 7.84. The molecule has 0 radical (unpaired) electrons. The third-order valence-electron chi connectivity index (χ3n) is 4.39. The van der Waals surface area contributed by atoms with Crippen LogP contribution < -0.4 is 4.90 Å². The smallest absolute Gasteiger partial charge is 0.224 e. The number of rotatable bonds is 4. The number of aryl methyl sites for hydroxylation is 1. The maximum Gasteiger partial charge on any atom is 0.224 e. The zero-order chi connectivity index (χ0) is 17.0. The molecule has 1 aromatic rings. The molecule has 2 amide bonds. The van der Waals surface area contributed by atoms with Gasteiger partial charge in [-0.05, 0) is 49.4 Å². The Kier molecular flexibility index (Phi) is 6.22. The molecular weight excluding hydrogens is 356 g/mol. The van der Waals surface area contributed by atoms with Crippen molar-refractivity contribution in [2.24, 2.45) is 5.92 Å². The number of piperidine rings is 1. The van der Waals surface area contributed by atoms with Crippen LogP contribution in [0.5, 0.6) is 0 Å². The van der Waals surface area contributed by atoms with E-state index in [4.69, 9.17) is 0 Å². The van der Waals surface area contributed by atoms with Gasteiger partial charge in [0, 0.05) is 43.1 Å². The van der Waals surface area contributed by atoms with Gasteiger partial charge in [0.1, 0.15) is 0 Å². The second-order valence-corrected chi connectivity index (χ2v) is 7.35. The molecule has 1 unspecified atom stereocenters. The highest BCUT2D eigenvalue weighted by Crippen LogP contribution is 2.24. The number of halogens is 1. The summed E-state index contributed by atoms with van der Waals surface area (Å²) in [7, 11) is 0. The van der Waals surface area contributed by atoms with E-state index in [2.05, 4.69) is 22.9 Å². The number of amides is 2. The van der Waals surface area contributed by atoms with E-state index in [0.717, 1.165) is 35.2 Å². The van der Waals surface area contributed by atoms with Crippen LogP contribution in [0.2, 0.25) is 0 Å². The van der Waals surface area contributed by atoms with Crippen LogP contribution in [-0.4, -0.2) is 36.3 Å². The van der Waals surface area contributed by atoms with Gasteiger partial charge in [0.2, 0.25) is 11.8 Å². The quantitative estimate of drug-likeness (QED) is 0.797. The number of nitrogens with zero attached hydrogens (tertiary/aromatic N) is 2. The molecule has 0 bridgehead atoms. The molecule has 0 aromatic heterocycles. The fourth-order valence-corrected chi connectivity index (χ4v) is 3.63. The predicted molar refractivity (Wildman–Crippen MR) is 96.5 cm³/mol. The molecule has 1 fully saturated rings. The van der Waals surface area contributed by atoms with Crippen LogP contribution in [0.15, 0.2) is 22.7 Å². The number of benzene rings is 1. The van der Waals surface area contributed by atoms with Crippen LogP contribution >= 0.6 is 15.9 Å². The zero-order valence-electron chi connectivity index (χ0n) is 14.1. The van der Waals surface area contributed by atoms with Crippen LogP contribution in [0.1, 0.15) is 38.7 Å². The molecule has 1 aliphatic rings. The molecule has 0 N–H and O–H groups in total. The average molecular weight is 381 g/mol. The van der Waals surface area contributed by atoms with Crippen molar-refractivity contribution in [1.29, 1.82) is 0 Å². The van der Waals surface area contributed by atoms with E-state index < -0.39 is 0 Å². The van der Waals surface area contributed by atoms with Crippen LogP contribution in [0, 0.1) is 12.8 Å². The summed E-state index contributed by atoms with van der Waals surface area (Å²) in [6, 6.07) is 5.83. The summed E-state index contributed by atoms with van der Waals surface area (Å²) < 4.78 is 0.987. The molecular formula is C18H25BrN2O2. The van der Waals surface area contributed by atoms with Gasteiger partial charge in [-0.3, -0.25) is 9.59 Å². The lowest BCUT2D eigenvalue weighted by atomic mass is 10.00. The molecule has 2 rings (SSSR count). The molecule has 1 aliphatic heterocycles. The Bertz CT molecular complexity index is 588. The fourth-order valence-electron chi connectivity index (χ4n) is 3.15. The molecule has 1 saturated heterocycles. The van der Waals surface area contributed by atoms with E-state index in [9.17, 15) is 9.59 Å². The summed E-state index contributed by atoms with van der Waals surface area (Å²) in [5, 5.41) is 0. The second-order valence-electron chi connectivity index (χ2n) is 6.44. The number of carbonyl (C=O) groups is 2. The number of anilines is 1. The van der Waals surface area contributed by atoms with E-state index in [0.29, 0.717) is 18.9 Å². The molecule has 0 spiro atoms. The van der Waals surface area contributed by atoms with Gasteiger partial charge in [-0.15, -0.1) is 0 Å². The largest absolute Gasteiger partial charge is 0.342 e. The Morgan fingerprint density at radius 3 is 2.74 bits per heavy atom. The van der Waals surface area contributed by atoms with E-state index in [1.54, 1.807) is 11.8 Å². The lowest BCUT2D eigenvalue weighted by Gasteiger charge is -2.32. The number of carbonyl (C=O) groups excluding carboxylic acids is 2. The van der Waals surface area contributed by atoms with E-state index in [1.807, 2.05) is 30.0 Å². The van der Waals surface area contributed by atoms with Gasteiger partial charge in [-0.2, -0.15) is 0 Å². The first kappa shape index (κ1) is 18.0. The van der Waals surface area contributed by atoms with Gasteiger partial charge in [0.25, 0.3) is 0 Å². The van der Waals surface area contributed by atoms with Gasteiger partial charge >= 0.3 is 0 Å². The van der Waals surface area contributed by atoms with Crippen molar-refractivity contribution < 1.29 is 9.59 Å². The minimum Gasteiger partial charge on any atom is -0.342 e. The molecule has 23 heavy (non-hydrogen) atoms. The van der Waals surface area contributed by atoms with Crippen molar-refractivity contribution in [2.75, 3.05) is 24.5 Å². The highest BCUT2D eigenvalue weighted by molar-refractivity contribution is 9.10. The highest BCUT2D eigenvalue weighted by Gasteiger charge is 2.22. The maximum absolute atomic E-state index is 12.4. The SMILES string of the molecule is CC(=O)N(CCC(=O)N1CCCC(C)C1)c1ccc(Br)cc1C. The van der Waals surface area contributed by atoms with Crippen molar-refractivity contribution in [2.45, 2.75) is 40.0 Å². The molecule has 1 heterocycles. The van der Waals surface area contributed by atoms with Crippen LogP contribution in [-0.2, 0) is 9.59 Å². The molecule has 4 nitrogen and oxygen atoms in total. The Morgan fingerprint density at radius 1 is 1.39 bits per heavy atom. The van der Waals surface area contributed by atoms with Crippen molar-refractivity contribution in [3.63, 3.8) is 0 Å². The number of likely N-dealkylation sites (tertiary alicyclic amines) is 1. The summed E-state index contributed by atoms with van der Waals surface area (Å²) in [5.41, 5.74) is 1.90. The Morgan fingerprint density at radius 2 is 2.13 bits per heavy atom. The molecule has 126 valence electrons. The molecule has 0 saturated carbocycles. The molecule has 5 heteroatoms. The average Bonchev–Trinajstić information content (AvgIpc) is 2.48. The summed E-state index contributed by atoms with van der Waals surface area (Å²) in [6.07, 6.45) is 2.65. The number of hydrogen-bond acceptors (Lipinski definition) is 2. The zero-order valence-corrected chi connectivity index (χ0v) is 15.7. The minimum absolute atomic E-state index is 0.0322. The first-order chi connectivity index (χ1) is 10.9. The van der Waals surface area contributed by atoms with Crippen molar-refractivity contribution >= 4 is 33.4 Å². The third kappa shape index (κ3) is 4.80. The third-order valence-corrected chi connectivity index (χ3v) is 4.88. The standard InChI is InChI=1S/C18H25BrN2O2/c1-13-5-4-9-20(12-13)18(23)8-10-21(15(3)22)17-7-6-16(19)11-14(17)2/h6-7,11,13H,4-5,8-10,12H2,1-3H3. The molecule has 1 aromatic carbocycles. The maximum atomic E-state index is 12.4. The predicted octanol–water partition coefficient (Wildman–Crippen LogP) is 3.76. The molecule has 1 atom stereocenters. The van der Waals surface area contributed by atoms with E-state index in [-0.39, 0.29) is 11.8 Å². The first-order valence-corrected chi connectivity index (χ1v) is 9.00. The summed E-state index contributed by atoms with van der Waals surface area (Å²) >= 11 is 3.44. The Labute approximate surface area is 147 Å². The van der Waals surface area contributed by atoms with E-state index >= 15 is 0 Å². The van der Waals surface area contributed by atoms with Crippen molar-refractivity contribution in [3.05, 3.63) is 28.2 Å². The van der Waals surface area contributed by atoms with Gasteiger partial charge < -0.3 is 9.80 Å². The van der Waals surface area contributed by atoms with Crippen LogP contribution in [0.3, 0.4) is 0 Å². The first-order valence-electron chi connectivity index (χ1n) is 8.20. The van der Waals surface area contributed by atoms with Crippen molar-refractivity contribution in [1.82, 2.24) is 4.90 Å². The normalized spacial score (nSPS) is 17.9.